The molecule has 2 N–H and O–H groups in total. The van der Waals surface area contributed by atoms with Crippen molar-refractivity contribution in [1.29, 1.82) is 0 Å². The van der Waals surface area contributed by atoms with E-state index in [1.54, 1.807) is 0 Å². The number of hydrogen-bond acceptors (Lipinski definition) is 2. The van der Waals surface area contributed by atoms with E-state index in [0.29, 0.717) is 32.5 Å². The van der Waals surface area contributed by atoms with Gasteiger partial charge < -0.3 is 15.2 Å². The molecule has 0 spiro atoms. The largest absolute Gasteiger partial charge is 0.369 e. The van der Waals surface area contributed by atoms with Crippen LogP contribution in [0.4, 0.5) is 0 Å². The van der Waals surface area contributed by atoms with E-state index in [-0.39, 0.29) is 17.7 Å². The molecule has 1 saturated heterocycles. The summed E-state index contributed by atoms with van der Waals surface area (Å²) in [6.45, 7) is 1.58. The number of para-hydroxylation sites is 1. The van der Waals surface area contributed by atoms with Crippen molar-refractivity contribution in [2.45, 2.75) is 19.4 Å². The van der Waals surface area contributed by atoms with Crippen LogP contribution < -0.4 is 5.73 Å². The van der Waals surface area contributed by atoms with Crippen LogP contribution >= 0.6 is 0 Å². The highest BCUT2D eigenvalue weighted by atomic mass is 16.2. The molecule has 1 aromatic heterocycles. The monoisotopic (exact) mass is 285 g/mol. The van der Waals surface area contributed by atoms with Gasteiger partial charge in [-0.2, -0.15) is 0 Å². The molecule has 5 heteroatoms. The zero-order chi connectivity index (χ0) is 14.8. The van der Waals surface area contributed by atoms with Gasteiger partial charge in [-0.25, -0.2) is 0 Å². The minimum atomic E-state index is -0.251. The van der Waals surface area contributed by atoms with Crippen molar-refractivity contribution in [3.05, 3.63) is 36.5 Å². The number of primary amides is 1. The van der Waals surface area contributed by atoms with Crippen molar-refractivity contribution in [3.63, 3.8) is 0 Å². The van der Waals surface area contributed by atoms with Crippen molar-refractivity contribution in [2.24, 2.45) is 11.7 Å². The Balaban J connectivity index is 1.66. The van der Waals surface area contributed by atoms with Crippen molar-refractivity contribution < 1.29 is 9.59 Å². The predicted molar refractivity (Wildman–Crippen MR) is 80.4 cm³/mol. The fourth-order valence-electron chi connectivity index (χ4n) is 2.94. The van der Waals surface area contributed by atoms with Crippen LogP contribution in [0.3, 0.4) is 0 Å². The van der Waals surface area contributed by atoms with Crippen LogP contribution in [0, 0.1) is 5.92 Å². The first-order valence-electron chi connectivity index (χ1n) is 7.26. The highest BCUT2D eigenvalue weighted by Crippen LogP contribution is 2.19. The van der Waals surface area contributed by atoms with Gasteiger partial charge in [0.15, 0.2) is 0 Å². The van der Waals surface area contributed by atoms with Gasteiger partial charge in [0.05, 0.1) is 0 Å². The van der Waals surface area contributed by atoms with Crippen molar-refractivity contribution in [1.82, 2.24) is 9.47 Å². The minimum Gasteiger partial charge on any atom is -0.369 e. The molecule has 1 aliphatic heterocycles. The lowest BCUT2D eigenvalue weighted by Crippen LogP contribution is -2.42. The Morgan fingerprint density at radius 3 is 2.57 bits per heavy atom. The molecule has 3 rings (SSSR count). The SMILES string of the molecule is NC(=O)C1CCN(C(=O)Cn2ccc3ccccc32)CC1. The Bertz CT molecular complexity index is 669. The van der Waals surface area contributed by atoms with Gasteiger partial charge in [0.25, 0.3) is 0 Å². The van der Waals surface area contributed by atoms with Crippen LogP contribution in [0.1, 0.15) is 12.8 Å². The summed E-state index contributed by atoms with van der Waals surface area (Å²) in [5.74, 6) is -0.237. The van der Waals surface area contributed by atoms with E-state index in [2.05, 4.69) is 0 Å². The highest BCUT2D eigenvalue weighted by Gasteiger charge is 2.25. The Labute approximate surface area is 123 Å². The lowest BCUT2D eigenvalue weighted by atomic mass is 9.96. The summed E-state index contributed by atoms with van der Waals surface area (Å²) in [4.78, 5) is 25.4. The number of fused-ring (bicyclic) bond motifs is 1. The van der Waals surface area contributed by atoms with E-state index in [1.165, 1.54) is 0 Å². The molecule has 1 aliphatic rings. The number of nitrogens with two attached hydrogens (primary N) is 1. The zero-order valence-corrected chi connectivity index (χ0v) is 11.9. The molecular weight excluding hydrogens is 266 g/mol. The fraction of sp³-hybridized carbons (Fsp3) is 0.375. The van der Waals surface area contributed by atoms with Crippen molar-refractivity contribution >= 4 is 22.7 Å². The van der Waals surface area contributed by atoms with Gasteiger partial charge in [0.2, 0.25) is 11.8 Å². The van der Waals surface area contributed by atoms with E-state index in [9.17, 15) is 9.59 Å². The smallest absolute Gasteiger partial charge is 0.242 e. The maximum absolute atomic E-state index is 12.4. The summed E-state index contributed by atoms with van der Waals surface area (Å²) >= 11 is 0. The molecule has 110 valence electrons. The van der Waals surface area contributed by atoms with Gasteiger partial charge in [-0.05, 0) is 30.4 Å². The van der Waals surface area contributed by atoms with Crippen LogP contribution in [0.15, 0.2) is 36.5 Å². The van der Waals surface area contributed by atoms with E-state index in [1.807, 2.05) is 46.0 Å². The lowest BCUT2D eigenvalue weighted by molar-refractivity contribution is -0.135. The number of carbonyl (C=O) groups excluding carboxylic acids is 2. The third-order valence-electron chi connectivity index (χ3n) is 4.24. The predicted octanol–water partition coefficient (Wildman–Crippen LogP) is 1.37. The molecular formula is C16H19N3O2. The van der Waals surface area contributed by atoms with Gasteiger partial charge in [-0.1, -0.05) is 18.2 Å². The molecule has 0 radical (unpaired) electrons. The van der Waals surface area contributed by atoms with E-state index < -0.39 is 0 Å². The van der Waals surface area contributed by atoms with Crippen LogP contribution in [0.2, 0.25) is 0 Å². The number of rotatable bonds is 3. The maximum atomic E-state index is 12.4. The third kappa shape index (κ3) is 2.77. The summed E-state index contributed by atoms with van der Waals surface area (Å²) in [6, 6.07) is 10.0. The summed E-state index contributed by atoms with van der Waals surface area (Å²) in [7, 11) is 0. The fourth-order valence-corrected chi connectivity index (χ4v) is 2.94. The zero-order valence-electron chi connectivity index (χ0n) is 11.9. The Morgan fingerprint density at radius 1 is 1.14 bits per heavy atom. The third-order valence-corrected chi connectivity index (χ3v) is 4.24. The van der Waals surface area contributed by atoms with Crippen LogP contribution in [0.5, 0.6) is 0 Å². The molecule has 5 nitrogen and oxygen atoms in total. The van der Waals surface area contributed by atoms with E-state index in [0.717, 1.165) is 10.9 Å². The second kappa shape index (κ2) is 5.60. The van der Waals surface area contributed by atoms with Crippen molar-refractivity contribution in [2.75, 3.05) is 13.1 Å². The number of aromatic nitrogens is 1. The minimum absolute atomic E-state index is 0.0820. The Hall–Kier alpha value is -2.30. The summed E-state index contributed by atoms with van der Waals surface area (Å²) in [5.41, 5.74) is 6.38. The number of nitrogens with zero attached hydrogens (tertiary/aromatic N) is 2. The number of benzene rings is 1. The molecule has 2 aromatic rings. The van der Waals surface area contributed by atoms with Gasteiger partial charge >= 0.3 is 0 Å². The number of likely N-dealkylation sites (tertiary alicyclic amines) is 1. The number of carbonyl (C=O) groups is 2. The van der Waals surface area contributed by atoms with Crippen LogP contribution in [-0.4, -0.2) is 34.4 Å². The number of amides is 2. The molecule has 1 fully saturated rings. The normalized spacial score (nSPS) is 16.3. The molecule has 0 aliphatic carbocycles. The van der Waals surface area contributed by atoms with Crippen molar-refractivity contribution in [3.8, 4) is 0 Å². The summed E-state index contributed by atoms with van der Waals surface area (Å²) in [5, 5.41) is 1.14. The quantitative estimate of drug-likeness (QED) is 0.925. The number of piperidine rings is 1. The first-order valence-corrected chi connectivity index (χ1v) is 7.26. The second-order valence-corrected chi connectivity index (χ2v) is 5.56. The number of hydrogen-bond donors (Lipinski definition) is 1. The first-order chi connectivity index (χ1) is 10.1. The average Bonchev–Trinajstić information content (AvgIpc) is 2.91. The molecule has 2 heterocycles. The molecule has 0 atom stereocenters. The van der Waals surface area contributed by atoms with Gasteiger partial charge in [0, 0.05) is 30.7 Å². The first kappa shape index (κ1) is 13.7. The van der Waals surface area contributed by atoms with Crippen LogP contribution in [-0.2, 0) is 16.1 Å². The molecule has 0 bridgehead atoms. The summed E-state index contributed by atoms with van der Waals surface area (Å²) in [6.07, 6.45) is 3.29. The summed E-state index contributed by atoms with van der Waals surface area (Å²) < 4.78 is 1.97. The molecule has 0 unspecified atom stereocenters. The molecule has 1 aromatic carbocycles. The Morgan fingerprint density at radius 2 is 1.86 bits per heavy atom. The van der Waals surface area contributed by atoms with Crippen LogP contribution in [0.25, 0.3) is 10.9 Å². The molecule has 2 amide bonds. The van der Waals surface area contributed by atoms with Gasteiger partial charge in [-0.3, -0.25) is 9.59 Å². The topological polar surface area (TPSA) is 68.3 Å². The molecule has 0 saturated carbocycles. The standard InChI is InChI=1S/C16H19N3O2/c17-16(21)13-6-8-18(9-7-13)15(20)11-19-10-5-12-3-1-2-4-14(12)19/h1-5,10,13H,6-9,11H2,(H2,17,21). The molecule has 21 heavy (non-hydrogen) atoms. The average molecular weight is 285 g/mol. The van der Waals surface area contributed by atoms with Gasteiger partial charge in [-0.15, -0.1) is 0 Å². The maximum Gasteiger partial charge on any atom is 0.242 e. The highest BCUT2D eigenvalue weighted by molar-refractivity contribution is 5.83. The Kier molecular flexibility index (Phi) is 3.64. The second-order valence-electron chi connectivity index (χ2n) is 5.56. The van der Waals surface area contributed by atoms with E-state index >= 15 is 0 Å². The lowest BCUT2D eigenvalue weighted by Gasteiger charge is -2.30. The van der Waals surface area contributed by atoms with E-state index in [4.69, 9.17) is 5.73 Å². The van der Waals surface area contributed by atoms with Gasteiger partial charge in [0.1, 0.15) is 6.54 Å².